The Labute approximate surface area is 155 Å². The lowest BCUT2D eigenvalue weighted by Gasteiger charge is -2.35. The largest absolute Gasteiger partial charge is 0.416 e. The number of halogens is 4. The smallest absolute Gasteiger partial charge is 0.339 e. The maximum Gasteiger partial charge on any atom is 0.416 e. The molecule has 0 spiro atoms. The van der Waals surface area contributed by atoms with E-state index in [0.29, 0.717) is 26.2 Å². The van der Waals surface area contributed by atoms with Crippen molar-refractivity contribution in [3.05, 3.63) is 47.8 Å². The number of anilines is 1. The third-order valence-corrected chi connectivity index (χ3v) is 4.32. The zero-order valence-electron chi connectivity index (χ0n) is 14.2. The molecule has 3 rings (SSSR count). The number of benzene rings is 1. The summed E-state index contributed by atoms with van der Waals surface area (Å²) in [5.74, 6) is 0.484. The summed E-state index contributed by atoms with van der Waals surface area (Å²) in [6.45, 7) is 4.93. The molecule has 0 atom stereocenters. The molecule has 1 aromatic carbocycles. The summed E-state index contributed by atoms with van der Waals surface area (Å²) in [7, 11) is 0. The SMILES string of the molecule is CCn1ccnc1N1CCN(C(=O)c2cccc(C(F)(F)F)c2)CC1.Cl. The van der Waals surface area contributed by atoms with Gasteiger partial charge in [-0.05, 0) is 25.1 Å². The predicted octanol–water partition coefficient (Wildman–Crippen LogP) is 3.31. The van der Waals surface area contributed by atoms with Crippen LogP contribution in [0.3, 0.4) is 0 Å². The number of nitrogens with zero attached hydrogens (tertiary/aromatic N) is 4. The van der Waals surface area contributed by atoms with Crippen LogP contribution in [-0.4, -0.2) is 46.5 Å². The molecule has 1 aliphatic rings. The number of alkyl halides is 3. The molecular formula is C17H20ClF3N4O. The van der Waals surface area contributed by atoms with E-state index >= 15 is 0 Å². The van der Waals surface area contributed by atoms with Gasteiger partial charge in [0.05, 0.1) is 5.56 Å². The third kappa shape index (κ3) is 4.12. The highest BCUT2D eigenvalue weighted by molar-refractivity contribution is 5.94. The molecule has 9 heteroatoms. The van der Waals surface area contributed by atoms with Gasteiger partial charge < -0.3 is 14.4 Å². The molecule has 1 aliphatic heterocycles. The molecule has 1 aromatic heterocycles. The number of hydrogen-bond donors (Lipinski definition) is 0. The number of rotatable bonds is 3. The Morgan fingerprint density at radius 1 is 1.19 bits per heavy atom. The first-order valence-electron chi connectivity index (χ1n) is 8.12. The van der Waals surface area contributed by atoms with E-state index in [4.69, 9.17) is 0 Å². The molecule has 1 saturated heterocycles. The summed E-state index contributed by atoms with van der Waals surface area (Å²) in [6.07, 6.45) is -0.819. The predicted molar refractivity (Wildman–Crippen MR) is 94.7 cm³/mol. The van der Waals surface area contributed by atoms with Crippen LogP contribution in [-0.2, 0) is 12.7 Å². The van der Waals surface area contributed by atoms with Gasteiger partial charge in [-0.1, -0.05) is 6.07 Å². The zero-order valence-corrected chi connectivity index (χ0v) is 15.1. The number of piperazine rings is 1. The summed E-state index contributed by atoms with van der Waals surface area (Å²) in [4.78, 5) is 20.5. The first-order chi connectivity index (χ1) is 11.9. The lowest BCUT2D eigenvalue weighted by molar-refractivity contribution is -0.137. The molecule has 142 valence electrons. The molecule has 1 fully saturated rings. The Balaban J connectivity index is 0.00000243. The fourth-order valence-corrected chi connectivity index (χ4v) is 2.95. The molecule has 0 aliphatic carbocycles. The molecule has 5 nitrogen and oxygen atoms in total. The van der Waals surface area contributed by atoms with Crippen molar-refractivity contribution >= 4 is 24.3 Å². The Bertz CT molecular complexity index is 754. The van der Waals surface area contributed by atoms with Crippen molar-refractivity contribution in [1.82, 2.24) is 14.5 Å². The van der Waals surface area contributed by atoms with E-state index in [1.165, 1.54) is 12.1 Å². The van der Waals surface area contributed by atoms with Gasteiger partial charge in [-0.15, -0.1) is 12.4 Å². The highest BCUT2D eigenvalue weighted by Crippen LogP contribution is 2.29. The van der Waals surface area contributed by atoms with Gasteiger partial charge in [-0.3, -0.25) is 4.79 Å². The van der Waals surface area contributed by atoms with Gasteiger partial charge in [-0.25, -0.2) is 4.98 Å². The number of aromatic nitrogens is 2. The van der Waals surface area contributed by atoms with Gasteiger partial charge in [0.1, 0.15) is 0 Å². The first-order valence-corrected chi connectivity index (χ1v) is 8.12. The van der Waals surface area contributed by atoms with Crippen LogP contribution in [0.4, 0.5) is 19.1 Å². The second kappa shape index (κ2) is 7.99. The van der Waals surface area contributed by atoms with Crippen molar-refractivity contribution in [1.29, 1.82) is 0 Å². The van der Waals surface area contributed by atoms with Gasteiger partial charge in [-0.2, -0.15) is 13.2 Å². The summed E-state index contributed by atoms with van der Waals surface area (Å²) in [5, 5.41) is 0. The lowest BCUT2D eigenvalue weighted by Crippen LogP contribution is -2.49. The molecule has 2 heterocycles. The molecule has 0 bridgehead atoms. The van der Waals surface area contributed by atoms with Crippen LogP contribution in [0.1, 0.15) is 22.8 Å². The summed E-state index contributed by atoms with van der Waals surface area (Å²) < 4.78 is 40.5. The summed E-state index contributed by atoms with van der Waals surface area (Å²) >= 11 is 0. The Morgan fingerprint density at radius 3 is 2.50 bits per heavy atom. The quantitative estimate of drug-likeness (QED) is 0.810. The second-order valence-electron chi connectivity index (χ2n) is 5.87. The van der Waals surface area contributed by atoms with Gasteiger partial charge in [0.25, 0.3) is 5.91 Å². The normalized spacial score (nSPS) is 14.9. The topological polar surface area (TPSA) is 41.4 Å². The average molecular weight is 389 g/mol. The molecule has 0 unspecified atom stereocenters. The maximum atomic E-state index is 12.8. The summed E-state index contributed by atoms with van der Waals surface area (Å²) in [6, 6.07) is 4.58. The molecule has 26 heavy (non-hydrogen) atoms. The minimum absolute atomic E-state index is 0. The monoisotopic (exact) mass is 388 g/mol. The highest BCUT2D eigenvalue weighted by Gasteiger charge is 2.32. The van der Waals surface area contributed by atoms with Crippen LogP contribution in [0.15, 0.2) is 36.7 Å². The second-order valence-corrected chi connectivity index (χ2v) is 5.87. The molecule has 0 saturated carbocycles. The lowest BCUT2D eigenvalue weighted by atomic mass is 10.1. The van der Waals surface area contributed by atoms with E-state index in [1.54, 1.807) is 11.1 Å². The number of carbonyl (C=O) groups excluding carboxylic acids is 1. The number of imidazole rings is 1. The fourth-order valence-electron chi connectivity index (χ4n) is 2.95. The van der Waals surface area contributed by atoms with Crippen molar-refractivity contribution < 1.29 is 18.0 Å². The minimum atomic E-state index is -4.45. The first kappa shape index (κ1) is 20.1. The van der Waals surface area contributed by atoms with Crippen molar-refractivity contribution in [2.75, 3.05) is 31.1 Å². The van der Waals surface area contributed by atoms with Crippen LogP contribution < -0.4 is 4.90 Å². The molecule has 0 radical (unpaired) electrons. The molecule has 1 amide bonds. The molecule has 2 aromatic rings. The van der Waals surface area contributed by atoms with Gasteiger partial charge in [0.15, 0.2) is 0 Å². The van der Waals surface area contributed by atoms with E-state index in [0.717, 1.165) is 24.6 Å². The third-order valence-electron chi connectivity index (χ3n) is 4.32. The van der Waals surface area contributed by atoms with Crippen molar-refractivity contribution in [3.63, 3.8) is 0 Å². The van der Waals surface area contributed by atoms with Crippen LogP contribution in [0.25, 0.3) is 0 Å². The number of aryl methyl sites for hydroxylation is 1. The van der Waals surface area contributed by atoms with E-state index in [9.17, 15) is 18.0 Å². The van der Waals surface area contributed by atoms with Crippen LogP contribution in [0.5, 0.6) is 0 Å². The van der Waals surface area contributed by atoms with Crippen LogP contribution >= 0.6 is 12.4 Å². The fraction of sp³-hybridized carbons (Fsp3) is 0.412. The minimum Gasteiger partial charge on any atom is -0.339 e. The van der Waals surface area contributed by atoms with E-state index in [-0.39, 0.29) is 23.9 Å². The van der Waals surface area contributed by atoms with Crippen molar-refractivity contribution in [2.45, 2.75) is 19.6 Å². The Kier molecular flexibility index (Phi) is 6.17. The van der Waals surface area contributed by atoms with Gasteiger partial charge >= 0.3 is 6.18 Å². The van der Waals surface area contributed by atoms with Crippen LogP contribution in [0, 0.1) is 0 Å². The van der Waals surface area contributed by atoms with Crippen molar-refractivity contribution in [3.8, 4) is 0 Å². The number of carbonyl (C=O) groups is 1. The van der Waals surface area contributed by atoms with Gasteiger partial charge in [0, 0.05) is 50.7 Å². The average Bonchev–Trinajstić information content (AvgIpc) is 3.09. The molecular weight excluding hydrogens is 369 g/mol. The van der Waals surface area contributed by atoms with E-state index in [2.05, 4.69) is 9.88 Å². The number of amides is 1. The van der Waals surface area contributed by atoms with Crippen molar-refractivity contribution in [2.24, 2.45) is 0 Å². The highest BCUT2D eigenvalue weighted by atomic mass is 35.5. The number of hydrogen-bond acceptors (Lipinski definition) is 3. The van der Waals surface area contributed by atoms with Gasteiger partial charge in [0.2, 0.25) is 5.95 Å². The Morgan fingerprint density at radius 2 is 1.88 bits per heavy atom. The van der Waals surface area contributed by atoms with E-state index in [1.807, 2.05) is 17.7 Å². The summed E-state index contributed by atoms with van der Waals surface area (Å²) in [5.41, 5.74) is -0.736. The van der Waals surface area contributed by atoms with E-state index < -0.39 is 11.7 Å². The zero-order chi connectivity index (χ0) is 18.0. The molecule has 0 N–H and O–H groups in total. The maximum absolute atomic E-state index is 12.8. The standard InChI is InChI=1S/C17H19F3N4O.ClH/c1-2-22-7-6-21-16(22)24-10-8-23(9-11-24)15(25)13-4-3-5-14(12-13)17(18,19)20;/h3-7,12H,2,8-11H2,1H3;1H. The van der Waals surface area contributed by atoms with Crippen LogP contribution in [0.2, 0.25) is 0 Å². The Hall–Kier alpha value is -2.22.